The quantitative estimate of drug-likeness (QED) is 0.743. The van der Waals surface area contributed by atoms with Crippen LogP contribution in [0.1, 0.15) is 0 Å². The van der Waals surface area contributed by atoms with Crippen LogP contribution in [-0.4, -0.2) is 35.5 Å². The highest BCUT2D eigenvalue weighted by atomic mass is 35.5. The Morgan fingerprint density at radius 2 is 2.06 bits per heavy atom. The van der Waals surface area contributed by atoms with E-state index in [1.807, 2.05) is 23.1 Å². The predicted molar refractivity (Wildman–Crippen MR) is 80.3 cm³/mol. The van der Waals surface area contributed by atoms with Gasteiger partial charge in [0.1, 0.15) is 4.32 Å². The summed E-state index contributed by atoms with van der Waals surface area (Å²) in [5, 5.41) is 0.643. The summed E-state index contributed by atoms with van der Waals surface area (Å²) in [4.78, 5) is 1.90. The molecule has 0 bridgehead atoms. The van der Waals surface area contributed by atoms with E-state index in [4.69, 9.17) is 23.8 Å². The van der Waals surface area contributed by atoms with Crippen molar-refractivity contribution in [2.24, 2.45) is 0 Å². The Balaban J connectivity index is 2.02. The monoisotopic (exact) mass is 319 g/mol. The third kappa shape index (κ3) is 2.05. The molecule has 0 saturated carbocycles. The average Bonchev–Trinajstić information content (AvgIpc) is 2.70. The second-order valence-corrected chi connectivity index (χ2v) is 8.82. The molecule has 3 rings (SSSR count). The van der Waals surface area contributed by atoms with E-state index in [1.165, 1.54) is 11.8 Å². The van der Waals surface area contributed by atoms with Gasteiger partial charge in [-0.2, -0.15) is 0 Å². The van der Waals surface area contributed by atoms with Gasteiger partial charge in [0, 0.05) is 5.25 Å². The number of hydrogen-bond donors (Lipinski definition) is 0. The fourth-order valence-corrected chi connectivity index (χ4v) is 6.99. The number of anilines is 1. The molecule has 2 atom stereocenters. The van der Waals surface area contributed by atoms with Crippen LogP contribution in [0.3, 0.4) is 0 Å². The average molecular weight is 320 g/mol. The number of para-hydroxylation sites is 1. The Morgan fingerprint density at radius 3 is 2.78 bits per heavy atom. The van der Waals surface area contributed by atoms with Gasteiger partial charge >= 0.3 is 0 Å². The van der Waals surface area contributed by atoms with E-state index in [2.05, 4.69) is 0 Å². The van der Waals surface area contributed by atoms with Crippen LogP contribution in [0.5, 0.6) is 0 Å². The fraction of sp³-hybridized carbons (Fsp3) is 0.364. The number of halogens is 1. The van der Waals surface area contributed by atoms with E-state index in [9.17, 15) is 8.42 Å². The Morgan fingerprint density at radius 1 is 1.33 bits per heavy atom. The lowest BCUT2D eigenvalue weighted by Crippen LogP contribution is -2.36. The molecule has 1 aromatic rings. The normalized spacial score (nSPS) is 29.6. The van der Waals surface area contributed by atoms with E-state index in [1.54, 1.807) is 6.07 Å². The van der Waals surface area contributed by atoms with Gasteiger partial charge in [0.15, 0.2) is 9.84 Å². The molecular formula is C11H10ClNO2S3. The highest BCUT2D eigenvalue weighted by Gasteiger charge is 2.48. The maximum atomic E-state index is 11.7. The fourth-order valence-electron chi connectivity index (χ4n) is 2.40. The molecular weight excluding hydrogens is 310 g/mol. The Hall–Kier alpha value is -0.300. The molecule has 0 amide bonds. The van der Waals surface area contributed by atoms with Crippen LogP contribution < -0.4 is 4.90 Å². The highest BCUT2D eigenvalue weighted by molar-refractivity contribution is 8.24. The minimum atomic E-state index is -2.95. The van der Waals surface area contributed by atoms with Crippen LogP contribution in [0.25, 0.3) is 0 Å². The summed E-state index contributed by atoms with van der Waals surface area (Å²) in [5.74, 6) is 0.374. The van der Waals surface area contributed by atoms with Crippen molar-refractivity contribution in [3.63, 3.8) is 0 Å². The van der Waals surface area contributed by atoms with E-state index < -0.39 is 9.84 Å². The number of thiocarbonyl (C=S) groups is 1. The van der Waals surface area contributed by atoms with Crippen molar-refractivity contribution >= 4 is 55.4 Å². The maximum absolute atomic E-state index is 11.7. The first kappa shape index (κ1) is 12.7. The summed E-state index contributed by atoms with van der Waals surface area (Å²) >= 11 is 13.0. The maximum Gasteiger partial charge on any atom is 0.153 e. The topological polar surface area (TPSA) is 37.4 Å². The first-order chi connectivity index (χ1) is 8.48. The van der Waals surface area contributed by atoms with Gasteiger partial charge in [0.2, 0.25) is 0 Å². The first-order valence-electron chi connectivity index (χ1n) is 5.43. The molecule has 0 aliphatic carbocycles. The lowest BCUT2D eigenvalue weighted by molar-refractivity contribution is 0.601. The number of rotatable bonds is 1. The molecule has 2 heterocycles. The molecule has 2 unspecified atom stereocenters. The number of thioether (sulfide) groups is 1. The Labute approximate surface area is 120 Å². The standard InChI is InChI=1S/C11H10ClNO2S3/c12-7-3-1-2-4-8(7)13-9-5-18(14,15)6-10(9)17-11(13)16/h1-4,9-10H,5-6H2. The zero-order valence-corrected chi connectivity index (χ0v) is 12.5. The molecule has 18 heavy (non-hydrogen) atoms. The van der Waals surface area contributed by atoms with Crippen LogP contribution in [0.4, 0.5) is 5.69 Å². The molecule has 0 radical (unpaired) electrons. The molecule has 2 saturated heterocycles. The number of fused-ring (bicyclic) bond motifs is 1. The van der Waals surface area contributed by atoms with Crippen molar-refractivity contribution in [3.8, 4) is 0 Å². The lowest BCUT2D eigenvalue weighted by Gasteiger charge is -2.24. The van der Waals surface area contributed by atoms with Crippen molar-refractivity contribution < 1.29 is 8.42 Å². The molecule has 0 spiro atoms. The number of nitrogens with zero attached hydrogens (tertiary/aromatic N) is 1. The largest absolute Gasteiger partial charge is 0.321 e. The molecule has 3 nitrogen and oxygen atoms in total. The molecule has 2 fully saturated rings. The molecule has 2 aliphatic heterocycles. The van der Waals surface area contributed by atoms with Gasteiger partial charge in [-0.05, 0) is 12.1 Å². The zero-order chi connectivity index (χ0) is 12.9. The SMILES string of the molecule is O=S1(=O)CC2SC(=S)N(c3ccccc3Cl)C2C1. The van der Waals surface area contributed by atoms with Crippen molar-refractivity contribution in [3.05, 3.63) is 29.3 Å². The predicted octanol–water partition coefficient (Wildman–Crippen LogP) is 2.34. The highest BCUT2D eigenvalue weighted by Crippen LogP contribution is 2.42. The summed E-state index contributed by atoms with van der Waals surface area (Å²) < 4.78 is 24.1. The van der Waals surface area contributed by atoms with Crippen molar-refractivity contribution in [1.29, 1.82) is 0 Å². The molecule has 1 aromatic carbocycles. The Kier molecular flexibility index (Phi) is 3.09. The zero-order valence-electron chi connectivity index (χ0n) is 9.24. The van der Waals surface area contributed by atoms with Gasteiger partial charge in [-0.1, -0.05) is 47.7 Å². The smallest absolute Gasteiger partial charge is 0.153 e. The van der Waals surface area contributed by atoms with Crippen LogP contribution in [0.15, 0.2) is 24.3 Å². The molecule has 7 heteroatoms. The summed E-state index contributed by atoms with van der Waals surface area (Å²) in [6, 6.07) is 7.32. The van der Waals surface area contributed by atoms with E-state index in [0.717, 1.165) is 5.69 Å². The van der Waals surface area contributed by atoms with Crippen LogP contribution in [0.2, 0.25) is 5.02 Å². The van der Waals surface area contributed by atoms with Crippen LogP contribution in [-0.2, 0) is 9.84 Å². The van der Waals surface area contributed by atoms with Gasteiger partial charge in [-0.25, -0.2) is 8.42 Å². The van der Waals surface area contributed by atoms with E-state index >= 15 is 0 Å². The minimum Gasteiger partial charge on any atom is -0.321 e. The Bertz CT molecular complexity index is 616. The second kappa shape index (κ2) is 4.37. The van der Waals surface area contributed by atoms with Crippen LogP contribution >= 0.6 is 35.6 Å². The van der Waals surface area contributed by atoms with Crippen molar-refractivity contribution in [2.75, 3.05) is 16.4 Å². The second-order valence-electron chi connectivity index (χ2n) is 4.39. The van der Waals surface area contributed by atoms with E-state index in [-0.39, 0.29) is 22.8 Å². The summed E-state index contributed by atoms with van der Waals surface area (Å²) in [5.41, 5.74) is 0.807. The lowest BCUT2D eigenvalue weighted by atomic mass is 10.2. The van der Waals surface area contributed by atoms with Crippen molar-refractivity contribution in [2.45, 2.75) is 11.3 Å². The van der Waals surface area contributed by atoms with Gasteiger partial charge < -0.3 is 4.90 Å². The summed E-state index contributed by atoms with van der Waals surface area (Å²) in [7, 11) is -2.95. The molecule has 0 aromatic heterocycles. The third-order valence-electron chi connectivity index (χ3n) is 3.16. The van der Waals surface area contributed by atoms with Crippen LogP contribution in [0, 0.1) is 0 Å². The number of sulfone groups is 1. The van der Waals surface area contributed by atoms with Gasteiger partial charge in [-0.3, -0.25) is 0 Å². The molecule has 0 N–H and O–H groups in total. The number of hydrogen-bond acceptors (Lipinski definition) is 4. The molecule has 96 valence electrons. The van der Waals surface area contributed by atoms with E-state index in [0.29, 0.717) is 9.34 Å². The van der Waals surface area contributed by atoms with Gasteiger partial charge in [0.25, 0.3) is 0 Å². The third-order valence-corrected chi connectivity index (χ3v) is 7.08. The number of benzene rings is 1. The molecule has 2 aliphatic rings. The minimum absolute atomic E-state index is 0.0405. The van der Waals surface area contributed by atoms with Crippen molar-refractivity contribution in [1.82, 2.24) is 0 Å². The van der Waals surface area contributed by atoms with Gasteiger partial charge in [0.05, 0.1) is 28.3 Å². The summed E-state index contributed by atoms with van der Waals surface area (Å²) in [6.07, 6.45) is 0. The summed E-state index contributed by atoms with van der Waals surface area (Å²) in [6.45, 7) is 0. The van der Waals surface area contributed by atoms with Gasteiger partial charge in [-0.15, -0.1) is 0 Å². The first-order valence-corrected chi connectivity index (χ1v) is 8.91.